The Balaban J connectivity index is 1.41. The molecule has 5 heteroatoms. The van der Waals surface area contributed by atoms with Crippen molar-refractivity contribution < 1.29 is 9.53 Å². The number of thioether (sulfide) groups is 1. The van der Waals surface area contributed by atoms with E-state index in [1.165, 1.54) is 17.3 Å². The van der Waals surface area contributed by atoms with Crippen LogP contribution in [0, 0.1) is 6.92 Å². The number of hydrogen-bond donors (Lipinski definition) is 1. The van der Waals surface area contributed by atoms with Gasteiger partial charge in [-0.2, -0.15) is 5.10 Å². The summed E-state index contributed by atoms with van der Waals surface area (Å²) in [5, 5.41) is 4.01. The first-order valence-electron chi connectivity index (χ1n) is 8.97. The minimum atomic E-state index is -0.135. The zero-order chi connectivity index (χ0) is 19.6. The fourth-order valence-electron chi connectivity index (χ4n) is 2.39. The Bertz CT molecular complexity index is 908. The molecule has 0 aliphatic heterocycles. The van der Waals surface area contributed by atoms with Gasteiger partial charge in [-0.25, -0.2) is 5.43 Å². The largest absolute Gasteiger partial charge is 0.489 e. The van der Waals surface area contributed by atoms with Gasteiger partial charge in [0.1, 0.15) is 12.4 Å². The van der Waals surface area contributed by atoms with Gasteiger partial charge in [0.15, 0.2) is 0 Å². The van der Waals surface area contributed by atoms with Gasteiger partial charge in [-0.1, -0.05) is 48.0 Å². The normalized spacial score (nSPS) is 10.8. The number of benzene rings is 3. The van der Waals surface area contributed by atoms with Gasteiger partial charge in [0.25, 0.3) is 0 Å². The van der Waals surface area contributed by atoms with Crippen molar-refractivity contribution in [2.24, 2.45) is 5.10 Å². The summed E-state index contributed by atoms with van der Waals surface area (Å²) in [6.07, 6.45) is 1.62. The van der Waals surface area contributed by atoms with Crippen molar-refractivity contribution in [3.63, 3.8) is 0 Å². The Morgan fingerprint density at radius 3 is 2.43 bits per heavy atom. The molecule has 0 heterocycles. The van der Waals surface area contributed by atoms with Crippen molar-refractivity contribution in [3.05, 3.63) is 95.6 Å². The Morgan fingerprint density at radius 2 is 1.71 bits per heavy atom. The molecule has 3 rings (SSSR count). The number of rotatable bonds is 8. The highest BCUT2D eigenvalue weighted by Gasteiger charge is 2.01. The third kappa shape index (κ3) is 6.59. The molecule has 28 heavy (non-hydrogen) atoms. The lowest BCUT2D eigenvalue weighted by molar-refractivity contribution is -0.118. The lowest BCUT2D eigenvalue weighted by Gasteiger charge is -2.06. The minimum Gasteiger partial charge on any atom is -0.489 e. The zero-order valence-electron chi connectivity index (χ0n) is 15.7. The molecule has 0 bridgehead atoms. The quantitative estimate of drug-likeness (QED) is 0.341. The number of hydrogen-bond acceptors (Lipinski definition) is 4. The molecule has 0 aliphatic carbocycles. The summed E-state index contributed by atoms with van der Waals surface area (Å²) < 4.78 is 5.75. The summed E-state index contributed by atoms with van der Waals surface area (Å²) in [6.45, 7) is 2.57. The van der Waals surface area contributed by atoms with E-state index in [1.807, 2.05) is 85.8 Å². The number of nitrogens with one attached hydrogen (secondary N) is 1. The number of aryl methyl sites for hydroxylation is 1. The van der Waals surface area contributed by atoms with Crippen LogP contribution in [0.25, 0.3) is 0 Å². The van der Waals surface area contributed by atoms with Crippen LogP contribution < -0.4 is 10.2 Å². The molecule has 0 aliphatic rings. The Kier molecular flexibility index (Phi) is 7.27. The number of ether oxygens (including phenoxy) is 1. The van der Waals surface area contributed by atoms with E-state index in [4.69, 9.17) is 4.74 Å². The number of hydrazone groups is 1. The first kappa shape index (κ1) is 19.7. The van der Waals surface area contributed by atoms with Crippen molar-refractivity contribution in [2.45, 2.75) is 18.4 Å². The summed E-state index contributed by atoms with van der Waals surface area (Å²) in [4.78, 5) is 12.9. The molecule has 3 aromatic rings. The van der Waals surface area contributed by atoms with Crippen molar-refractivity contribution in [3.8, 4) is 5.75 Å². The number of amides is 1. The predicted octanol–water partition coefficient (Wildman–Crippen LogP) is 4.82. The second kappa shape index (κ2) is 10.3. The van der Waals surface area contributed by atoms with Crippen molar-refractivity contribution >= 4 is 23.9 Å². The van der Waals surface area contributed by atoms with E-state index < -0.39 is 0 Å². The van der Waals surface area contributed by atoms with E-state index in [9.17, 15) is 4.79 Å². The molecule has 1 N–H and O–H groups in total. The molecule has 0 atom stereocenters. The van der Waals surface area contributed by atoms with E-state index in [0.717, 1.165) is 21.8 Å². The van der Waals surface area contributed by atoms with E-state index in [2.05, 4.69) is 10.5 Å². The van der Waals surface area contributed by atoms with Crippen LogP contribution in [0.15, 0.2) is 88.9 Å². The second-order valence-corrected chi connectivity index (χ2v) is 7.29. The van der Waals surface area contributed by atoms with Crippen LogP contribution in [0.5, 0.6) is 5.75 Å². The predicted molar refractivity (Wildman–Crippen MR) is 115 cm³/mol. The Morgan fingerprint density at radius 1 is 1.00 bits per heavy atom. The molecule has 0 unspecified atom stereocenters. The van der Waals surface area contributed by atoms with E-state index >= 15 is 0 Å². The van der Waals surface area contributed by atoms with Crippen LogP contribution in [0.2, 0.25) is 0 Å². The topological polar surface area (TPSA) is 50.7 Å². The SMILES string of the molecule is Cc1ccc(SCC(=O)N/N=C/c2ccc(OCc3ccccc3)cc2)cc1. The zero-order valence-corrected chi connectivity index (χ0v) is 16.5. The van der Waals surface area contributed by atoms with Crippen LogP contribution in [0.3, 0.4) is 0 Å². The fraction of sp³-hybridized carbons (Fsp3) is 0.130. The molecule has 0 radical (unpaired) electrons. The molecule has 0 fully saturated rings. The molecule has 0 saturated heterocycles. The molecule has 1 amide bonds. The average Bonchev–Trinajstić information content (AvgIpc) is 2.73. The van der Waals surface area contributed by atoms with Crippen molar-refractivity contribution in [1.29, 1.82) is 0 Å². The van der Waals surface area contributed by atoms with E-state index in [0.29, 0.717) is 12.4 Å². The highest BCUT2D eigenvalue weighted by Crippen LogP contribution is 2.17. The smallest absolute Gasteiger partial charge is 0.250 e. The molecular weight excluding hydrogens is 368 g/mol. The van der Waals surface area contributed by atoms with Crippen LogP contribution in [-0.2, 0) is 11.4 Å². The van der Waals surface area contributed by atoms with Crippen LogP contribution >= 0.6 is 11.8 Å². The molecular formula is C23H22N2O2S. The molecule has 3 aromatic carbocycles. The lowest BCUT2D eigenvalue weighted by Crippen LogP contribution is -2.19. The lowest BCUT2D eigenvalue weighted by atomic mass is 10.2. The van der Waals surface area contributed by atoms with Gasteiger partial charge < -0.3 is 4.74 Å². The van der Waals surface area contributed by atoms with Gasteiger partial charge in [0.05, 0.1) is 12.0 Å². The average molecular weight is 391 g/mol. The number of carbonyl (C=O) groups excluding carboxylic acids is 1. The Hall–Kier alpha value is -3.05. The monoisotopic (exact) mass is 390 g/mol. The summed E-state index contributed by atoms with van der Waals surface area (Å²) in [5.41, 5.74) is 5.77. The number of carbonyl (C=O) groups is 1. The van der Waals surface area contributed by atoms with Gasteiger partial charge >= 0.3 is 0 Å². The summed E-state index contributed by atoms with van der Waals surface area (Å²) in [7, 11) is 0. The molecule has 142 valence electrons. The standard InChI is InChI=1S/C23H22N2O2S/c1-18-7-13-22(14-8-18)28-17-23(26)25-24-15-19-9-11-21(12-10-19)27-16-20-5-3-2-4-6-20/h2-15H,16-17H2,1H3,(H,25,26)/b24-15+. The van der Waals surface area contributed by atoms with Gasteiger partial charge in [-0.15, -0.1) is 11.8 Å². The second-order valence-electron chi connectivity index (χ2n) is 6.24. The molecule has 0 spiro atoms. The number of nitrogens with zero attached hydrogens (tertiary/aromatic N) is 1. The highest BCUT2D eigenvalue weighted by atomic mass is 32.2. The van der Waals surface area contributed by atoms with Crippen molar-refractivity contribution in [2.75, 3.05) is 5.75 Å². The maximum absolute atomic E-state index is 11.9. The van der Waals surface area contributed by atoms with Crippen LogP contribution in [-0.4, -0.2) is 17.9 Å². The Labute approximate surface area is 169 Å². The summed E-state index contributed by atoms with van der Waals surface area (Å²) in [5.74, 6) is 0.983. The van der Waals surface area contributed by atoms with Gasteiger partial charge in [0, 0.05) is 4.90 Å². The van der Waals surface area contributed by atoms with Gasteiger partial charge in [-0.3, -0.25) is 4.79 Å². The van der Waals surface area contributed by atoms with Crippen LogP contribution in [0.4, 0.5) is 0 Å². The van der Waals surface area contributed by atoms with Crippen molar-refractivity contribution in [1.82, 2.24) is 5.43 Å². The van der Waals surface area contributed by atoms with Crippen LogP contribution in [0.1, 0.15) is 16.7 Å². The first-order chi connectivity index (χ1) is 13.7. The van der Waals surface area contributed by atoms with Gasteiger partial charge in [-0.05, 0) is 54.4 Å². The third-order valence-electron chi connectivity index (χ3n) is 3.92. The minimum absolute atomic E-state index is 0.135. The van der Waals surface area contributed by atoms with Gasteiger partial charge in [0.2, 0.25) is 5.91 Å². The third-order valence-corrected chi connectivity index (χ3v) is 4.93. The summed E-state index contributed by atoms with van der Waals surface area (Å²) in [6, 6.07) is 25.7. The van der Waals surface area contributed by atoms with E-state index in [1.54, 1.807) is 6.21 Å². The highest BCUT2D eigenvalue weighted by molar-refractivity contribution is 8.00. The molecule has 4 nitrogen and oxygen atoms in total. The molecule has 0 saturated carbocycles. The maximum Gasteiger partial charge on any atom is 0.250 e. The summed E-state index contributed by atoms with van der Waals surface area (Å²) >= 11 is 1.49. The van der Waals surface area contributed by atoms with E-state index in [-0.39, 0.29) is 5.91 Å². The molecule has 0 aromatic heterocycles. The first-order valence-corrected chi connectivity index (χ1v) is 9.96. The maximum atomic E-state index is 11.9. The fourth-order valence-corrected chi connectivity index (χ4v) is 3.08.